The van der Waals surface area contributed by atoms with Gasteiger partial charge in [-0.15, -0.1) is 0 Å². The number of hydrogen-bond acceptors (Lipinski definition) is 5. The summed E-state index contributed by atoms with van der Waals surface area (Å²) in [7, 11) is -1.10. The average molecular weight is 474 g/mol. The molecule has 2 amide bonds. The molecule has 0 aromatic heterocycles. The Balaban J connectivity index is 1.45. The highest BCUT2D eigenvalue weighted by Crippen LogP contribution is 2.31. The van der Waals surface area contributed by atoms with Gasteiger partial charge in [-0.1, -0.05) is 76.0 Å². The van der Waals surface area contributed by atoms with Crippen LogP contribution >= 0.6 is 0 Å². The van der Waals surface area contributed by atoms with Crippen molar-refractivity contribution >= 4 is 20.1 Å². The van der Waals surface area contributed by atoms with Gasteiger partial charge in [0.15, 0.2) is 6.29 Å². The minimum Gasteiger partial charge on any atom is -0.446 e. The molecule has 33 heavy (non-hydrogen) atoms. The molecule has 0 N–H and O–H groups in total. The number of nitrogens with zero attached hydrogens (tertiary/aromatic N) is 1. The van der Waals surface area contributed by atoms with Gasteiger partial charge in [0, 0.05) is 27.0 Å². The first-order valence-electron chi connectivity index (χ1n) is 12.1. The fourth-order valence-corrected chi connectivity index (χ4v) is 4.92. The molecule has 2 fully saturated rings. The number of benzene rings is 1. The van der Waals surface area contributed by atoms with Crippen molar-refractivity contribution in [2.45, 2.75) is 77.2 Å². The highest BCUT2D eigenvalue weighted by molar-refractivity contribution is 6.76. The molecule has 0 spiro atoms. The Kier molecular flexibility index (Phi) is 8.90. The first-order valence-corrected chi connectivity index (χ1v) is 15.8. The van der Waals surface area contributed by atoms with E-state index in [1.807, 2.05) is 43.3 Å². The summed E-state index contributed by atoms with van der Waals surface area (Å²) in [6.07, 6.45) is 5.89. The van der Waals surface area contributed by atoms with Crippen molar-refractivity contribution in [3.05, 3.63) is 48.0 Å². The molecule has 0 radical (unpaired) electrons. The molecule has 0 saturated carbocycles. The first-order chi connectivity index (χ1) is 15.7. The summed E-state index contributed by atoms with van der Waals surface area (Å²) in [5, 5.41) is 0. The van der Waals surface area contributed by atoms with Gasteiger partial charge >= 0.3 is 6.09 Å². The summed E-state index contributed by atoms with van der Waals surface area (Å²) in [6.45, 7) is 12.1. The van der Waals surface area contributed by atoms with Crippen LogP contribution in [0.2, 0.25) is 25.7 Å². The van der Waals surface area contributed by atoms with Gasteiger partial charge in [-0.2, -0.15) is 0 Å². The zero-order chi connectivity index (χ0) is 24.0. The Morgan fingerprint density at radius 2 is 1.97 bits per heavy atom. The Labute approximate surface area is 199 Å². The van der Waals surface area contributed by atoms with E-state index in [2.05, 4.69) is 32.6 Å². The van der Waals surface area contributed by atoms with Crippen LogP contribution in [-0.2, 0) is 19.0 Å². The molecule has 5 atom stereocenters. The highest BCUT2D eigenvalue weighted by atomic mass is 28.3. The number of hydrogen-bond donors (Lipinski definition) is 0. The van der Waals surface area contributed by atoms with E-state index in [9.17, 15) is 9.59 Å². The predicted molar refractivity (Wildman–Crippen MR) is 131 cm³/mol. The monoisotopic (exact) mass is 473 g/mol. The third-order valence-electron chi connectivity index (χ3n) is 6.42. The Bertz CT molecular complexity index is 822. The molecule has 2 aliphatic rings. The largest absolute Gasteiger partial charge is 0.446 e. The zero-order valence-corrected chi connectivity index (χ0v) is 21.7. The summed E-state index contributed by atoms with van der Waals surface area (Å²) in [5.41, 5.74) is 0.911. The number of carbonyl (C=O) groups is 2. The van der Waals surface area contributed by atoms with Gasteiger partial charge in [-0.05, 0) is 30.4 Å². The van der Waals surface area contributed by atoms with Crippen molar-refractivity contribution in [3.8, 4) is 0 Å². The molecule has 0 unspecified atom stereocenters. The average Bonchev–Trinajstić information content (AvgIpc) is 3.32. The molecule has 6 nitrogen and oxygen atoms in total. The van der Waals surface area contributed by atoms with E-state index in [1.165, 1.54) is 4.90 Å². The number of allylic oxidation sites excluding steroid dienone is 1. The molecule has 2 saturated heterocycles. The summed E-state index contributed by atoms with van der Waals surface area (Å²) in [6, 6.07) is 10.3. The molecule has 0 aliphatic carbocycles. The molecular formula is C26H39NO5Si. The maximum atomic E-state index is 13.0. The standard InChI is InChI=1S/C26H39NO5Si/c1-19(25(28)27-22(18-31-26(27)29)21-12-7-6-8-13-21)11-9-10-14-23-20(2)17-24(32-23)30-15-16-33(3,4)5/h6-10,12-13,19-20,22-24H,11,14-18H2,1-5H3/b10-9+/t19-,20-,22-,23-,24+/m0/s1. The third kappa shape index (κ3) is 7.26. The van der Waals surface area contributed by atoms with Gasteiger partial charge in [0.2, 0.25) is 5.91 Å². The topological polar surface area (TPSA) is 65.1 Å². The van der Waals surface area contributed by atoms with Crippen LogP contribution < -0.4 is 0 Å². The molecular weight excluding hydrogens is 434 g/mol. The predicted octanol–water partition coefficient (Wildman–Crippen LogP) is 5.78. The molecule has 7 heteroatoms. The van der Waals surface area contributed by atoms with Crippen LogP contribution in [0.4, 0.5) is 4.79 Å². The summed E-state index contributed by atoms with van der Waals surface area (Å²) in [4.78, 5) is 26.5. The maximum absolute atomic E-state index is 13.0. The number of carbonyl (C=O) groups excluding carboxylic acids is 2. The Hall–Kier alpha value is -1.96. The summed E-state index contributed by atoms with van der Waals surface area (Å²) < 4.78 is 17.3. The number of rotatable bonds is 10. The van der Waals surface area contributed by atoms with Crippen LogP contribution in [0.15, 0.2) is 42.5 Å². The van der Waals surface area contributed by atoms with Gasteiger partial charge in [0.1, 0.15) is 12.6 Å². The van der Waals surface area contributed by atoms with Crippen LogP contribution in [0.5, 0.6) is 0 Å². The highest BCUT2D eigenvalue weighted by Gasteiger charge is 2.40. The van der Waals surface area contributed by atoms with Gasteiger partial charge < -0.3 is 14.2 Å². The lowest BCUT2D eigenvalue weighted by atomic mass is 9.99. The SMILES string of the molecule is C[C@@H](C/C=C/C[C@@H]1O[C@@H](OCC[Si](C)(C)C)C[C@@H]1C)C(=O)N1C(=O)OC[C@H]1c1ccccc1. The molecule has 1 aromatic carbocycles. The van der Waals surface area contributed by atoms with Crippen LogP contribution in [0.1, 0.15) is 44.7 Å². The molecule has 0 bridgehead atoms. The van der Waals surface area contributed by atoms with Crippen molar-refractivity contribution < 1.29 is 23.8 Å². The van der Waals surface area contributed by atoms with Crippen molar-refractivity contribution in [2.75, 3.05) is 13.2 Å². The van der Waals surface area contributed by atoms with E-state index in [0.717, 1.165) is 31.1 Å². The van der Waals surface area contributed by atoms with Gasteiger partial charge in [0.25, 0.3) is 0 Å². The maximum Gasteiger partial charge on any atom is 0.417 e. The zero-order valence-electron chi connectivity index (χ0n) is 20.7. The fraction of sp³-hybridized carbons (Fsp3) is 0.615. The second kappa shape index (κ2) is 11.4. The summed E-state index contributed by atoms with van der Waals surface area (Å²) >= 11 is 0. The number of amides is 2. The van der Waals surface area contributed by atoms with Crippen LogP contribution in [0.3, 0.4) is 0 Å². The minimum absolute atomic E-state index is 0.105. The number of imide groups is 1. The lowest BCUT2D eigenvalue weighted by Gasteiger charge is -2.22. The second-order valence-electron chi connectivity index (χ2n) is 10.6. The Morgan fingerprint density at radius 3 is 2.67 bits per heavy atom. The van der Waals surface area contributed by atoms with E-state index in [1.54, 1.807) is 0 Å². The number of ether oxygens (including phenoxy) is 3. The van der Waals surface area contributed by atoms with Gasteiger partial charge in [0.05, 0.1) is 6.10 Å². The van der Waals surface area contributed by atoms with E-state index in [0.29, 0.717) is 12.3 Å². The third-order valence-corrected chi connectivity index (χ3v) is 8.13. The van der Waals surface area contributed by atoms with Gasteiger partial charge in [-0.25, -0.2) is 9.69 Å². The van der Waals surface area contributed by atoms with E-state index < -0.39 is 14.2 Å². The lowest BCUT2D eigenvalue weighted by molar-refractivity contribution is -0.132. The summed E-state index contributed by atoms with van der Waals surface area (Å²) in [5.74, 6) is -0.0633. The molecule has 2 heterocycles. The van der Waals surface area contributed by atoms with Crippen molar-refractivity contribution in [3.63, 3.8) is 0 Å². The quantitative estimate of drug-likeness (QED) is 0.318. The van der Waals surface area contributed by atoms with Crippen LogP contribution in [-0.4, -0.2) is 50.6 Å². The van der Waals surface area contributed by atoms with Crippen LogP contribution in [0, 0.1) is 11.8 Å². The van der Waals surface area contributed by atoms with E-state index in [-0.39, 0.29) is 36.9 Å². The smallest absolute Gasteiger partial charge is 0.417 e. The normalized spacial score (nSPS) is 26.7. The lowest BCUT2D eigenvalue weighted by Crippen LogP contribution is -2.37. The first kappa shape index (κ1) is 25.7. The number of cyclic esters (lactones) is 1. The fourth-order valence-electron chi connectivity index (χ4n) is 4.19. The van der Waals surface area contributed by atoms with Crippen LogP contribution in [0.25, 0.3) is 0 Å². The van der Waals surface area contributed by atoms with Crippen molar-refractivity contribution in [1.82, 2.24) is 4.90 Å². The van der Waals surface area contributed by atoms with Crippen molar-refractivity contribution in [1.29, 1.82) is 0 Å². The van der Waals surface area contributed by atoms with E-state index in [4.69, 9.17) is 14.2 Å². The van der Waals surface area contributed by atoms with E-state index >= 15 is 0 Å². The Morgan fingerprint density at radius 1 is 1.24 bits per heavy atom. The molecule has 2 aliphatic heterocycles. The molecule has 1 aromatic rings. The minimum atomic E-state index is -1.10. The molecule has 3 rings (SSSR count). The molecule has 182 valence electrons. The van der Waals surface area contributed by atoms with Crippen molar-refractivity contribution in [2.24, 2.45) is 11.8 Å². The van der Waals surface area contributed by atoms with Gasteiger partial charge in [-0.3, -0.25) is 4.79 Å². The second-order valence-corrected chi connectivity index (χ2v) is 16.2.